The Kier molecular flexibility index (Phi) is 6.76. The lowest BCUT2D eigenvalue weighted by Gasteiger charge is -2.19. The molecule has 0 saturated heterocycles. The van der Waals surface area contributed by atoms with Gasteiger partial charge in [0.25, 0.3) is 5.91 Å². The molecule has 10 nitrogen and oxygen atoms in total. The van der Waals surface area contributed by atoms with Crippen molar-refractivity contribution in [1.29, 1.82) is 0 Å². The average molecular weight is 539 g/mol. The summed E-state index contributed by atoms with van der Waals surface area (Å²) >= 11 is 0. The Labute approximate surface area is 226 Å². The van der Waals surface area contributed by atoms with Crippen LogP contribution < -0.4 is 16.5 Å². The zero-order valence-corrected chi connectivity index (χ0v) is 20.8. The Morgan fingerprint density at radius 3 is 2.23 bits per heavy atom. The number of amides is 1. The van der Waals surface area contributed by atoms with Gasteiger partial charge in [0.2, 0.25) is 0 Å². The van der Waals surface area contributed by atoms with Gasteiger partial charge in [0.15, 0.2) is 5.43 Å². The van der Waals surface area contributed by atoms with Gasteiger partial charge in [-0.05, 0) is 65.7 Å². The van der Waals surface area contributed by atoms with E-state index in [4.69, 9.17) is 10.2 Å². The predicted molar refractivity (Wildman–Crippen MR) is 146 cm³/mol. The van der Waals surface area contributed by atoms with Gasteiger partial charge in [-0.1, -0.05) is 12.1 Å². The molecule has 1 aliphatic carbocycles. The van der Waals surface area contributed by atoms with Crippen molar-refractivity contribution in [1.82, 2.24) is 5.32 Å². The quantitative estimate of drug-likeness (QED) is 0.191. The van der Waals surface area contributed by atoms with Crippen LogP contribution in [0.25, 0.3) is 33.4 Å². The molecular weight excluding hydrogens is 516 g/mol. The van der Waals surface area contributed by atoms with E-state index in [2.05, 4.69) is 5.32 Å². The standard InChI is InChI=1S/C30H22N2O8/c31-13-15-1-3-16(4-2-15)28(35)32-14-23-24(34)10-9-21-26(20-8-6-18(33)12-25(20)40-27(21)23)22-11-17(29(36)37)5-7-19(22)30(38)39/h1-12,33H,13-14,31H2,(H,32,35)(H,36,37)(H,38,39). The number of aromatic carboxylic acids is 2. The van der Waals surface area contributed by atoms with Crippen molar-refractivity contribution in [2.75, 3.05) is 0 Å². The molecule has 0 fully saturated rings. The van der Waals surface area contributed by atoms with Crippen molar-refractivity contribution in [3.05, 3.63) is 111 Å². The van der Waals surface area contributed by atoms with Crippen LogP contribution in [-0.2, 0) is 13.1 Å². The third-order valence-electron chi connectivity index (χ3n) is 6.58. The minimum absolute atomic E-state index is 0.0523. The number of carbonyl (C=O) groups excluding carboxylic acids is 1. The summed E-state index contributed by atoms with van der Waals surface area (Å²) in [6.45, 7) is 0.103. The van der Waals surface area contributed by atoms with E-state index in [-0.39, 0.29) is 45.9 Å². The molecule has 10 heteroatoms. The summed E-state index contributed by atoms with van der Waals surface area (Å²) in [6, 6.07) is 17.2. The van der Waals surface area contributed by atoms with Gasteiger partial charge in [-0.2, -0.15) is 0 Å². The van der Waals surface area contributed by atoms with Crippen molar-refractivity contribution in [3.8, 4) is 28.2 Å². The number of carboxylic acids is 2. The second kappa shape index (κ2) is 10.4. The number of aromatic hydroxyl groups is 1. The molecule has 1 heterocycles. The number of benzene rings is 4. The molecule has 3 aromatic rings. The van der Waals surface area contributed by atoms with Gasteiger partial charge in [-0.3, -0.25) is 9.59 Å². The van der Waals surface area contributed by atoms with Crippen molar-refractivity contribution in [3.63, 3.8) is 0 Å². The molecule has 0 bridgehead atoms. The first kappa shape index (κ1) is 26.1. The maximum Gasteiger partial charge on any atom is 0.336 e. The third-order valence-corrected chi connectivity index (χ3v) is 6.58. The molecule has 1 aliphatic heterocycles. The highest BCUT2D eigenvalue weighted by atomic mass is 16.4. The number of nitrogens with one attached hydrogen (secondary N) is 1. The highest BCUT2D eigenvalue weighted by molar-refractivity contribution is 6.09. The number of hydrogen-bond donors (Lipinski definition) is 5. The van der Waals surface area contributed by atoms with Crippen LogP contribution in [0, 0.1) is 0 Å². The first-order chi connectivity index (χ1) is 19.2. The molecule has 0 aromatic heterocycles. The molecule has 0 spiro atoms. The molecule has 200 valence electrons. The van der Waals surface area contributed by atoms with Gasteiger partial charge in [0, 0.05) is 34.7 Å². The van der Waals surface area contributed by atoms with Crippen LogP contribution in [-0.4, -0.2) is 33.2 Å². The van der Waals surface area contributed by atoms with Gasteiger partial charge in [0.05, 0.1) is 23.2 Å². The summed E-state index contributed by atoms with van der Waals surface area (Å²) in [4.78, 5) is 49.7. The highest BCUT2D eigenvalue weighted by Gasteiger charge is 2.26. The number of carboxylic acid groups (broad SMARTS) is 2. The molecule has 3 aromatic carbocycles. The fourth-order valence-electron chi connectivity index (χ4n) is 4.57. The van der Waals surface area contributed by atoms with Crippen molar-refractivity contribution in [2.45, 2.75) is 13.1 Å². The van der Waals surface area contributed by atoms with Gasteiger partial charge in [0.1, 0.15) is 17.1 Å². The van der Waals surface area contributed by atoms with E-state index in [1.54, 1.807) is 24.3 Å². The first-order valence-corrected chi connectivity index (χ1v) is 12.1. The second-order valence-corrected chi connectivity index (χ2v) is 9.03. The van der Waals surface area contributed by atoms with Crippen LogP contribution in [0.3, 0.4) is 0 Å². The first-order valence-electron chi connectivity index (χ1n) is 12.1. The van der Waals surface area contributed by atoms with Crippen LogP contribution in [0.4, 0.5) is 0 Å². The van der Waals surface area contributed by atoms with Crippen LogP contribution in [0.5, 0.6) is 5.75 Å². The molecule has 0 radical (unpaired) electrons. The van der Waals surface area contributed by atoms with E-state index in [0.717, 1.165) is 5.56 Å². The largest absolute Gasteiger partial charge is 0.508 e. The minimum atomic E-state index is -1.29. The average Bonchev–Trinajstić information content (AvgIpc) is 2.94. The Bertz CT molecular complexity index is 1840. The summed E-state index contributed by atoms with van der Waals surface area (Å²) < 4.78 is 6.06. The Morgan fingerprint density at radius 2 is 1.55 bits per heavy atom. The van der Waals surface area contributed by atoms with E-state index < -0.39 is 23.3 Å². The van der Waals surface area contributed by atoms with E-state index in [9.17, 15) is 34.5 Å². The van der Waals surface area contributed by atoms with Gasteiger partial charge in [-0.25, -0.2) is 9.59 Å². The minimum Gasteiger partial charge on any atom is -0.508 e. The molecule has 40 heavy (non-hydrogen) atoms. The number of hydrogen-bond acceptors (Lipinski definition) is 7. The predicted octanol–water partition coefficient (Wildman–Crippen LogP) is 4.06. The Hall–Kier alpha value is -5.48. The summed E-state index contributed by atoms with van der Waals surface area (Å²) in [5, 5.41) is 32.7. The van der Waals surface area contributed by atoms with Crippen molar-refractivity contribution < 1.29 is 34.1 Å². The third kappa shape index (κ3) is 4.74. The van der Waals surface area contributed by atoms with Gasteiger partial charge in [-0.15, -0.1) is 0 Å². The number of rotatable bonds is 7. The van der Waals surface area contributed by atoms with Crippen LogP contribution >= 0.6 is 0 Å². The zero-order valence-electron chi connectivity index (χ0n) is 20.8. The number of phenols is 1. The van der Waals surface area contributed by atoms with E-state index >= 15 is 0 Å². The maximum atomic E-state index is 13.0. The molecular formula is C30H22N2O8. The molecule has 0 saturated carbocycles. The SMILES string of the molecule is NCc1ccc(C(=O)NCc2c3oc4cc(O)ccc4c(-c4cc(C(=O)O)ccc4C(=O)O)c-3ccc2=O)cc1. The fourth-order valence-corrected chi connectivity index (χ4v) is 4.57. The molecule has 0 atom stereocenters. The van der Waals surface area contributed by atoms with Crippen LogP contribution in [0.15, 0.2) is 82.0 Å². The summed E-state index contributed by atoms with van der Waals surface area (Å²) in [5.41, 5.74) is 6.95. The molecule has 2 aliphatic rings. The second-order valence-electron chi connectivity index (χ2n) is 9.03. The van der Waals surface area contributed by atoms with Gasteiger partial charge < -0.3 is 30.8 Å². The van der Waals surface area contributed by atoms with Crippen LogP contribution in [0.2, 0.25) is 0 Å². The summed E-state index contributed by atoms with van der Waals surface area (Å²) in [5.74, 6) is -3.08. The molecule has 0 unspecified atom stereocenters. The fraction of sp³-hybridized carbons (Fsp3) is 0.0667. The number of phenolic OH excluding ortho intramolecular Hbond substituents is 1. The van der Waals surface area contributed by atoms with Gasteiger partial charge >= 0.3 is 11.9 Å². The van der Waals surface area contributed by atoms with Crippen molar-refractivity contribution >= 4 is 28.8 Å². The Balaban J connectivity index is 1.70. The van der Waals surface area contributed by atoms with E-state index in [1.165, 1.54) is 48.5 Å². The molecule has 1 amide bonds. The summed E-state index contributed by atoms with van der Waals surface area (Å²) in [7, 11) is 0. The zero-order chi connectivity index (χ0) is 28.6. The normalized spacial score (nSPS) is 11.0. The lowest BCUT2D eigenvalue weighted by atomic mass is 9.88. The van der Waals surface area contributed by atoms with E-state index in [1.807, 2.05) is 0 Å². The van der Waals surface area contributed by atoms with Crippen LogP contribution in [0.1, 0.15) is 42.2 Å². The number of fused-ring (bicyclic) bond motifs is 2. The van der Waals surface area contributed by atoms with Crippen molar-refractivity contribution in [2.24, 2.45) is 5.73 Å². The van der Waals surface area contributed by atoms with E-state index in [0.29, 0.717) is 28.6 Å². The lowest BCUT2D eigenvalue weighted by molar-refractivity contribution is 0.0682. The topological polar surface area (TPSA) is 180 Å². The highest BCUT2D eigenvalue weighted by Crippen LogP contribution is 2.43. The summed E-state index contributed by atoms with van der Waals surface area (Å²) in [6.07, 6.45) is 0. The number of carbonyl (C=O) groups is 3. The monoisotopic (exact) mass is 538 g/mol. The smallest absolute Gasteiger partial charge is 0.336 e. The molecule has 5 rings (SSSR count). The lowest BCUT2D eigenvalue weighted by Crippen LogP contribution is -2.26. The molecule has 6 N–H and O–H groups in total. The Morgan fingerprint density at radius 1 is 0.825 bits per heavy atom. The maximum absolute atomic E-state index is 13.0. The number of nitrogens with two attached hydrogens (primary N) is 1.